The molecule has 0 saturated carbocycles. The molecule has 2 unspecified atom stereocenters. The highest BCUT2D eigenvalue weighted by atomic mass is 31.1. The number of hydrogen-bond acceptors (Lipinski definition) is 7. The molecular formula is C15H30N3O7P. The first kappa shape index (κ1) is 23.3. The van der Waals surface area contributed by atoms with Gasteiger partial charge in [0.15, 0.2) is 6.29 Å². The zero-order valence-corrected chi connectivity index (χ0v) is 16.4. The van der Waals surface area contributed by atoms with Crippen LogP contribution in [-0.4, -0.2) is 62.5 Å². The molecule has 26 heavy (non-hydrogen) atoms. The van der Waals surface area contributed by atoms with Gasteiger partial charge in [-0.15, -0.1) is 0 Å². The van der Waals surface area contributed by atoms with Crippen LogP contribution in [0.25, 0.3) is 10.4 Å². The summed E-state index contributed by atoms with van der Waals surface area (Å²) in [5.74, 6) is 0. The fraction of sp³-hybridized carbons (Fsp3) is 1.00. The van der Waals surface area contributed by atoms with Crippen molar-refractivity contribution in [3.05, 3.63) is 10.4 Å². The molecule has 1 rings (SSSR count). The van der Waals surface area contributed by atoms with Gasteiger partial charge >= 0.3 is 8.25 Å². The molecule has 0 aromatic heterocycles. The number of hydrogen-bond donors (Lipinski definition) is 1. The summed E-state index contributed by atoms with van der Waals surface area (Å²) in [7, 11) is -3.19. The second-order valence-corrected chi connectivity index (χ2v) is 6.60. The van der Waals surface area contributed by atoms with Crippen LogP contribution in [0.15, 0.2) is 5.11 Å². The molecule has 1 heterocycles. The average molecular weight is 395 g/mol. The summed E-state index contributed by atoms with van der Waals surface area (Å²) >= 11 is 0. The third-order valence-corrected chi connectivity index (χ3v) is 4.25. The summed E-state index contributed by atoms with van der Waals surface area (Å²) in [6, 6.07) is 0. The fourth-order valence-corrected chi connectivity index (χ4v) is 2.98. The van der Waals surface area contributed by atoms with Crippen molar-refractivity contribution in [2.45, 2.75) is 64.1 Å². The lowest BCUT2D eigenvalue weighted by molar-refractivity contribution is -0.180. The number of nitrogens with zero attached hydrogens (tertiary/aromatic N) is 3. The smallest absolute Gasteiger partial charge is 0.317 e. The van der Waals surface area contributed by atoms with Gasteiger partial charge in [-0.05, 0) is 18.4 Å². The van der Waals surface area contributed by atoms with Crippen molar-refractivity contribution < 1.29 is 32.9 Å². The molecule has 0 aromatic rings. The summed E-state index contributed by atoms with van der Waals surface area (Å²) in [5.41, 5.74) is 8.33. The van der Waals surface area contributed by atoms with Crippen molar-refractivity contribution >= 4 is 8.25 Å². The second-order valence-electron chi connectivity index (χ2n) is 5.83. The molecule has 11 heteroatoms. The fourth-order valence-electron chi connectivity index (χ4n) is 2.46. The van der Waals surface area contributed by atoms with E-state index < -0.39 is 32.9 Å². The SMILES string of the molecule is CCCCOC[C@H]1O[C@@H](OCCN=[N+]=[N-])[C@@H](OCCCC)C1O[PH](=O)O. The number of unbranched alkanes of at least 4 members (excludes halogenated alkanes) is 2. The van der Waals surface area contributed by atoms with Gasteiger partial charge in [0.05, 0.1) is 13.2 Å². The minimum atomic E-state index is -3.19. The number of rotatable bonds is 15. The van der Waals surface area contributed by atoms with Gasteiger partial charge in [0.25, 0.3) is 0 Å². The van der Waals surface area contributed by atoms with Gasteiger partial charge in [0.2, 0.25) is 0 Å². The Morgan fingerprint density at radius 2 is 1.88 bits per heavy atom. The Hall–Kier alpha value is -0.700. The first-order valence-corrected chi connectivity index (χ1v) is 10.3. The van der Waals surface area contributed by atoms with Crippen molar-refractivity contribution in [3.63, 3.8) is 0 Å². The van der Waals surface area contributed by atoms with Crippen molar-refractivity contribution in [3.8, 4) is 0 Å². The van der Waals surface area contributed by atoms with E-state index in [1.165, 1.54) is 0 Å². The molecule has 0 aromatic carbocycles. The predicted octanol–water partition coefficient (Wildman–Crippen LogP) is 2.81. The maximum atomic E-state index is 11.3. The molecular weight excluding hydrogens is 365 g/mol. The van der Waals surface area contributed by atoms with E-state index in [4.69, 9.17) is 29.0 Å². The van der Waals surface area contributed by atoms with Crippen LogP contribution in [0.2, 0.25) is 0 Å². The molecule has 10 nitrogen and oxygen atoms in total. The third kappa shape index (κ3) is 8.79. The maximum absolute atomic E-state index is 11.3. The first-order valence-electron chi connectivity index (χ1n) is 9.00. The molecule has 1 aliphatic heterocycles. The van der Waals surface area contributed by atoms with Gasteiger partial charge < -0.3 is 28.4 Å². The van der Waals surface area contributed by atoms with Crippen LogP contribution >= 0.6 is 8.25 Å². The van der Waals surface area contributed by atoms with Gasteiger partial charge in [-0.1, -0.05) is 31.8 Å². The third-order valence-electron chi connectivity index (χ3n) is 3.77. The number of azide groups is 1. The van der Waals surface area contributed by atoms with Crippen LogP contribution in [0.4, 0.5) is 0 Å². The van der Waals surface area contributed by atoms with E-state index in [-0.39, 0.29) is 19.8 Å². The monoisotopic (exact) mass is 395 g/mol. The van der Waals surface area contributed by atoms with Gasteiger partial charge in [-0.3, -0.25) is 4.57 Å². The van der Waals surface area contributed by atoms with Gasteiger partial charge in [-0.25, -0.2) is 0 Å². The molecule has 0 spiro atoms. The van der Waals surface area contributed by atoms with Crippen molar-refractivity contribution in [2.75, 3.05) is 33.0 Å². The molecule has 152 valence electrons. The minimum absolute atomic E-state index is 0.146. The molecule has 0 amide bonds. The molecule has 1 aliphatic rings. The molecule has 0 radical (unpaired) electrons. The summed E-state index contributed by atoms with van der Waals surface area (Å²) in [6.07, 6.45) is 0.905. The van der Waals surface area contributed by atoms with Crippen LogP contribution in [-0.2, 0) is 28.0 Å². The highest BCUT2D eigenvalue weighted by Crippen LogP contribution is 2.33. The summed E-state index contributed by atoms with van der Waals surface area (Å²) in [4.78, 5) is 11.9. The highest BCUT2D eigenvalue weighted by molar-refractivity contribution is 7.32. The van der Waals surface area contributed by atoms with E-state index in [9.17, 15) is 9.46 Å². The Balaban J connectivity index is 2.73. The highest BCUT2D eigenvalue weighted by Gasteiger charge is 2.47. The molecule has 1 saturated heterocycles. The minimum Gasteiger partial charge on any atom is -0.379 e. The quantitative estimate of drug-likeness (QED) is 0.148. The maximum Gasteiger partial charge on any atom is 0.317 e. The first-order chi connectivity index (χ1) is 12.6. The predicted molar refractivity (Wildman–Crippen MR) is 95.1 cm³/mol. The number of ether oxygens (including phenoxy) is 4. The van der Waals surface area contributed by atoms with E-state index >= 15 is 0 Å². The van der Waals surface area contributed by atoms with E-state index in [0.717, 1.165) is 25.7 Å². The molecule has 0 bridgehead atoms. The van der Waals surface area contributed by atoms with Crippen LogP contribution in [0, 0.1) is 0 Å². The Labute approximate surface area is 154 Å². The normalized spacial score (nSPS) is 26.6. The van der Waals surface area contributed by atoms with E-state index in [0.29, 0.717) is 13.2 Å². The molecule has 1 fully saturated rings. The Morgan fingerprint density at radius 1 is 1.15 bits per heavy atom. The Bertz CT molecular complexity index is 451. The zero-order valence-electron chi connectivity index (χ0n) is 15.4. The average Bonchev–Trinajstić information content (AvgIpc) is 2.92. The summed E-state index contributed by atoms with van der Waals surface area (Å²) < 4.78 is 39.3. The van der Waals surface area contributed by atoms with E-state index in [2.05, 4.69) is 16.9 Å². The van der Waals surface area contributed by atoms with Crippen LogP contribution < -0.4 is 0 Å². The Kier molecular flexibility index (Phi) is 12.9. The van der Waals surface area contributed by atoms with E-state index in [1.54, 1.807) is 0 Å². The van der Waals surface area contributed by atoms with Crippen LogP contribution in [0.3, 0.4) is 0 Å². The summed E-state index contributed by atoms with van der Waals surface area (Å²) in [6.45, 7) is 5.63. The van der Waals surface area contributed by atoms with Crippen molar-refractivity contribution in [2.24, 2.45) is 5.11 Å². The Morgan fingerprint density at radius 3 is 2.54 bits per heavy atom. The van der Waals surface area contributed by atoms with Gasteiger partial charge in [0, 0.05) is 24.7 Å². The summed E-state index contributed by atoms with van der Waals surface area (Å²) in [5, 5.41) is 3.41. The second kappa shape index (κ2) is 14.4. The lowest BCUT2D eigenvalue weighted by atomic mass is 10.1. The van der Waals surface area contributed by atoms with Crippen LogP contribution in [0.1, 0.15) is 39.5 Å². The topological polar surface area (TPSA) is 132 Å². The lowest BCUT2D eigenvalue weighted by Crippen LogP contribution is -2.39. The molecule has 1 N–H and O–H groups in total. The van der Waals surface area contributed by atoms with Gasteiger partial charge in [-0.2, -0.15) is 0 Å². The van der Waals surface area contributed by atoms with Crippen molar-refractivity contribution in [1.82, 2.24) is 0 Å². The van der Waals surface area contributed by atoms with Crippen molar-refractivity contribution in [1.29, 1.82) is 0 Å². The largest absolute Gasteiger partial charge is 0.379 e. The standard InChI is InChI=1S/C15H30N3O7P/c1-3-5-8-21-11-12-13(25-26(19)20)14(22-9-6-4-2)15(24-12)23-10-7-17-18-16/h12-15,26H,3-11H2,1-2H3,(H,19,20)/t12-,13?,14+,15-/m1/s1. The van der Waals surface area contributed by atoms with E-state index in [1.807, 2.05) is 6.92 Å². The van der Waals surface area contributed by atoms with Gasteiger partial charge in [0.1, 0.15) is 18.3 Å². The lowest BCUT2D eigenvalue weighted by Gasteiger charge is -2.23. The van der Waals surface area contributed by atoms with Crippen LogP contribution in [0.5, 0.6) is 0 Å². The molecule has 5 atom stereocenters. The zero-order chi connectivity index (χ0) is 19.2. The molecule has 0 aliphatic carbocycles.